The Kier molecular flexibility index (Phi) is 6.11. The molecule has 1 aliphatic heterocycles. The standard InChI is InChI=1S/C26H22ClNO5/c1-15(2)33-21-12-6-16(7-13-21)24(30)22-23(17-4-3-5-20(29)14-17)28(26(32)25(22)31)19-10-8-18(27)9-11-19/h3-15,23,29-30H,1-2H3/b24-22-. The number of amides is 1. The number of halogens is 1. The molecule has 0 spiro atoms. The Morgan fingerprint density at radius 3 is 2.27 bits per heavy atom. The molecule has 7 heteroatoms. The summed E-state index contributed by atoms with van der Waals surface area (Å²) >= 11 is 6.00. The lowest BCUT2D eigenvalue weighted by atomic mass is 9.95. The minimum Gasteiger partial charge on any atom is -0.508 e. The van der Waals surface area contributed by atoms with Crippen LogP contribution in [0, 0.1) is 0 Å². The van der Waals surface area contributed by atoms with E-state index in [-0.39, 0.29) is 23.2 Å². The van der Waals surface area contributed by atoms with Gasteiger partial charge in [0.1, 0.15) is 17.3 Å². The number of anilines is 1. The minimum absolute atomic E-state index is 0.0140. The van der Waals surface area contributed by atoms with E-state index >= 15 is 0 Å². The van der Waals surface area contributed by atoms with Crippen molar-refractivity contribution in [1.82, 2.24) is 0 Å². The third kappa shape index (κ3) is 4.43. The topological polar surface area (TPSA) is 87.1 Å². The lowest BCUT2D eigenvalue weighted by Gasteiger charge is -2.25. The first-order valence-electron chi connectivity index (χ1n) is 10.4. The third-order valence-electron chi connectivity index (χ3n) is 5.23. The number of ether oxygens (including phenoxy) is 1. The molecule has 1 aliphatic rings. The number of aliphatic hydroxyl groups is 1. The van der Waals surface area contributed by atoms with Crippen LogP contribution in [0.4, 0.5) is 5.69 Å². The summed E-state index contributed by atoms with van der Waals surface area (Å²) in [6, 6.07) is 18.4. The van der Waals surface area contributed by atoms with Crippen LogP contribution in [0.25, 0.3) is 5.76 Å². The number of aliphatic hydroxyl groups excluding tert-OH is 1. The molecule has 3 aromatic rings. The molecule has 1 heterocycles. The molecule has 1 fully saturated rings. The summed E-state index contributed by atoms with van der Waals surface area (Å²) < 4.78 is 5.64. The van der Waals surface area contributed by atoms with E-state index in [2.05, 4.69) is 0 Å². The predicted octanol–water partition coefficient (Wildman–Crippen LogP) is 5.46. The zero-order valence-electron chi connectivity index (χ0n) is 18.0. The van der Waals surface area contributed by atoms with E-state index in [1.54, 1.807) is 60.7 Å². The van der Waals surface area contributed by atoms with Crippen LogP contribution in [0.2, 0.25) is 5.02 Å². The van der Waals surface area contributed by atoms with E-state index < -0.39 is 17.7 Å². The predicted molar refractivity (Wildman–Crippen MR) is 127 cm³/mol. The van der Waals surface area contributed by atoms with E-state index in [1.165, 1.54) is 17.0 Å². The van der Waals surface area contributed by atoms with Crippen LogP contribution in [-0.2, 0) is 9.59 Å². The zero-order chi connectivity index (χ0) is 23.7. The summed E-state index contributed by atoms with van der Waals surface area (Å²) in [6.07, 6.45) is -0.0140. The fraction of sp³-hybridized carbons (Fsp3) is 0.154. The number of Topliss-reactive ketones (excluding diaryl/α,β-unsaturated/α-hetero) is 1. The normalized spacial score (nSPS) is 17.6. The second kappa shape index (κ2) is 9.00. The van der Waals surface area contributed by atoms with Gasteiger partial charge in [-0.05, 0) is 80.1 Å². The van der Waals surface area contributed by atoms with Crippen LogP contribution in [0.1, 0.15) is 31.0 Å². The van der Waals surface area contributed by atoms with Crippen molar-refractivity contribution < 1.29 is 24.5 Å². The molecular weight excluding hydrogens is 442 g/mol. The van der Waals surface area contributed by atoms with Gasteiger partial charge in [-0.2, -0.15) is 0 Å². The van der Waals surface area contributed by atoms with Crippen LogP contribution >= 0.6 is 11.6 Å². The van der Waals surface area contributed by atoms with Gasteiger partial charge in [-0.25, -0.2) is 0 Å². The fourth-order valence-electron chi connectivity index (χ4n) is 3.83. The average molecular weight is 464 g/mol. The summed E-state index contributed by atoms with van der Waals surface area (Å²) in [4.78, 5) is 27.5. The van der Waals surface area contributed by atoms with Crippen LogP contribution in [-0.4, -0.2) is 28.0 Å². The van der Waals surface area contributed by atoms with Crippen molar-refractivity contribution in [3.05, 3.63) is 94.5 Å². The fourth-order valence-corrected chi connectivity index (χ4v) is 3.96. The van der Waals surface area contributed by atoms with Gasteiger partial charge in [-0.3, -0.25) is 14.5 Å². The molecule has 0 aliphatic carbocycles. The summed E-state index contributed by atoms with van der Waals surface area (Å²) in [6.45, 7) is 3.81. The highest BCUT2D eigenvalue weighted by atomic mass is 35.5. The van der Waals surface area contributed by atoms with Crippen molar-refractivity contribution in [2.24, 2.45) is 0 Å². The van der Waals surface area contributed by atoms with E-state index in [1.807, 2.05) is 13.8 Å². The zero-order valence-corrected chi connectivity index (χ0v) is 18.8. The first-order valence-corrected chi connectivity index (χ1v) is 10.8. The summed E-state index contributed by atoms with van der Waals surface area (Å²) in [7, 11) is 0. The van der Waals surface area contributed by atoms with Gasteiger partial charge in [0.05, 0.1) is 17.7 Å². The molecule has 1 atom stereocenters. The molecule has 1 saturated heterocycles. The maximum Gasteiger partial charge on any atom is 0.300 e. The molecule has 0 aromatic heterocycles. The van der Waals surface area contributed by atoms with E-state index in [4.69, 9.17) is 16.3 Å². The van der Waals surface area contributed by atoms with Crippen LogP contribution in [0.5, 0.6) is 11.5 Å². The lowest BCUT2D eigenvalue weighted by molar-refractivity contribution is -0.132. The molecule has 4 rings (SSSR count). The summed E-state index contributed by atoms with van der Waals surface area (Å²) in [5.74, 6) is -1.32. The molecule has 3 aromatic carbocycles. The molecule has 0 saturated carbocycles. The number of aromatic hydroxyl groups is 1. The Balaban J connectivity index is 1.86. The maximum atomic E-state index is 13.1. The van der Waals surface area contributed by atoms with E-state index in [9.17, 15) is 19.8 Å². The van der Waals surface area contributed by atoms with Crippen molar-refractivity contribution >= 4 is 34.7 Å². The van der Waals surface area contributed by atoms with Gasteiger partial charge in [0.25, 0.3) is 11.7 Å². The second-order valence-corrected chi connectivity index (χ2v) is 8.37. The van der Waals surface area contributed by atoms with Crippen molar-refractivity contribution in [1.29, 1.82) is 0 Å². The third-order valence-corrected chi connectivity index (χ3v) is 5.49. The number of phenolic OH excluding ortho intramolecular Hbond substituents is 1. The number of ketones is 1. The minimum atomic E-state index is -0.940. The quantitative estimate of drug-likeness (QED) is 0.298. The number of phenols is 1. The van der Waals surface area contributed by atoms with Crippen LogP contribution in [0.15, 0.2) is 78.4 Å². The Morgan fingerprint density at radius 2 is 1.67 bits per heavy atom. The number of nitrogens with zero attached hydrogens (tertiary/aromatic N) is 1. The number of carbonyl (C=O) groups excluding carboxylic acids is 2. The Morgan fingerprint density at radius 1 is 1.00 bits per heavy atom. The highest BCUT2D eigenvalue weighted by Gasteiger charge is 2.47. The largest absolute Gasteiger partial charge is 0.508 e. The molecule has 168 valence electrons. The number of rotatable bonds is 5. The smallest absolute Gasteiger partial charge is 0.300 e. The van der Waals surface area contributed by atoms with Crippen molar-refractivity contribution in [3.63, 3.8) is 0 Å². The van der Waals surface area contributed by atoms with Gasteiger partial charge < -0.3 is 14.9 Å². The highest BCUT2D eigenvalue weighted by molar-refractivity contribution is 6.51. The molecule has 0 bridgehead atoms. The Bertz CT molecular complexity index is 1230. The number of carbonyl (C=O) groups is 2. The van der Waals surface area contributed by atoms with Gasteiger partial charge >= 0.3 is 0 Å². The summed E-state index contributed by atoms with van der Waals surface area (Å²) in [5, 5.41) is 21.7. The van der Waals surface area contributed by atoms with E-state index in [0.29, 0.717) is 27.6 Å². The number of hydrogen-bond acceptors (Lipinski definition) is 5. The molecular formula is C26H22ClNO5. The van der Waals surface area contributed by atoms with Crippen LogP contribution in [0.3, 0.4) is 0 Å². The molecule has 0 radical (unpaired) electrons. The van der Waals surface area contributed by atoms with Gasteiger partial charge in [0, 0.05) is 16.3 Å². The van der Waals surface area contributed by atoms with Crippen molar-refractivity contribution in [2.75, 3.05) is 4.90 Å². The molecule has 1 unspecified atom stereocenters. The SMILES string of the molecule is CC(C)Oc1ccc(/C(O)=C2/C(=O)C(=O)N(c3ccc(Cl)cc3)C2c2cccc(O)c2)cc1. The summed E-state index contributed by atoms with van der Waals surface area (Å²) in [5.41, 5.74) is 1.21. The van der Waals surface area contributed by atoms with E-state index in [0.717, 1.165) is 0 Å². The van der Waals surface area contributed by atoms with Gasteiger partial charge in [-0.1, -0.05) is 23.7 Å². The Hall–Kier alpha value is -3.77. The van der Waals surface area contributed by atoms with Gasteiger partial charge in [-0.15, -0.1) is 0 Å². The highest BCUT2D eigenvalue weighted by Crippen LogP contribution is 2.43. The first-order chi connectivity index (χ1) is 15.8. The maximum absolute atomic E-state index is 13.1. The number of benzene rings is 3. The second-order valence-electron chi connectivity index (χ2n) is 7.93. The van der Waals surface area contributed by atoms with Crippen LogP contribution < -0.4 is 9.64 Å². The van der Waals surface area contributed by atoms with Gasteiger partial charge in [0.15, 0.2) is 0 Å². The lowest BCUT2D eigenvalue weighted by Crippen LogP contribution is -2.29. The monoisotopic (exact) mass is 463 g/mol. The van der Waals surface area contributed by atoms with Crippen molar-refractivity contribution in [3.8, 4) is 11.5 Å². The molecule has 6 nitrogen and oxygen atoms in total. The average Bonchev–Trinajstić information content (AvgIpc) is 3.05. The first kappa shape index (κ1) is 22.4. The Labute approximate surface area is 196 Å². The number of hydrogen-bond donors (Lipinski definition) is 2. The van der Waals surface area contributed by atoms with Crippen molar-refractivity contribution in [2.45, 2.75) is 26.0 Å². The molecule has 1 amide bonds. The van der Waals surface area contributed by atoms with Gasteiger partial charge in [0.2, 0.25) is 0 Å². The molecule has 2 N–H and O–H groups in total. The molecule has 33 heavy (non-hydrogen) atoms.